The number of amides is 1. The molecule has 2 rings (SSSR count). The third-order valence-electron chi connectivity index (χ3n) is 2.48. The normalized spacial score (nSPS) is 11.8. The smallest absolute Gasteiger partial charge is 0.237 e. The van der Waals surface area contributed by atoms with Gasteiger partial charge in [0.2, 0.25) is 5.91 Å². The van der Waals surface area contributed by atoms with E-state index in [0.29, 0.717) is 21.3 Å². The fraction of sp³-hybridized carbons (Fsp3) is 0.154. The highest BCUT2D eigenvalue weighted by Gasteiger charge is 2.13. The predicted octanol–water partition coefficient (Wildman–Crippen LogP) is 2.09. The van der Waals surface area contributed by atoms with E-state index >= 15 is 0 Å². The Labute approximate surface area is 123 Å². The molecule has 0 aliphatic rings. The Kier molecular flexibility index (Phi) is 4.75. The van der Waals surface area contributed by atoms with Crippen LogP contribution < -0.4 is 15.8 Å². The van der Waals surface area contributed by atoms with Gasteiger partial charge in [-0.25, -0.2) is 0 Å². The van der Waals surface area contributed by atoms with Crippen LogP contribution in [0.3, 0.4) is 0 Å². The lowest BCUT2D eigenvalue weighted by Crippen LogP contribution is -2.19. The molecule has 0 saturated carbocycles. The molecule has 1 aromatic heterocycles. The summed E-state index contributed by atoms with van der Waals surface area (Å²) in [5.74, 6) is 0.0497. The standard InChI is InChI=1S/C13H14N2O3S2/c1-18-11-7-9(14)4-5-10(11)15-12(16)8-20(17)13-3-2-6-19-13/h2-7H,8,14H2,1H3,(H,15,16). The van der Waals surface area contributed by atoms with Crippen LogP contribution in [0.2, 0.25) is 0 Å². The van der Waals surface area contributed by atoms with E-state index in [1.807, 2.05) is 5.38 Å². The summed E-state index contributed by atoms with van der Waals surface area (Å²) in [6, 6.07) is 8.48. The van der Waals surface area contributed by atoms with Crippen LogP contribution in [0.1, 0.15) is 0 Å². The van der Waals surface area contributed by atoms with E-state index < -0.39 is 10.8 Å². The van der Waals surface area contributed by atoms with E-state index in [2.05, 4.69) is 5.32 Å². The first kappa shape index (κ1) is 14.5. The van der Waals surface area contributed by atoms with E-state index in [0.717, 1.165) is 0 Å². The molecule has 1 amide bonds. The van der Waals surface area contributed by atoms with Gasteiger partial charge in [-0.3, -0.25) is 9.00 Å². The molecule has 2 aromatic rings. The largest absolute Gasteiger partial charge is 0.494 e. The van der Waals surface area contributed by atoms with Crippen LogP contribution in [0.25, 0.3) is 0 Å². The second-order valence-corrected chi connectivity index (χ2v) is 6.56. The summed E-state index contributed by atoms with van der Waals surface area (Å²) in [6.45, 7) is 0. The van der Waals surface area contributed by atoms with Gasteiger partial charge in [-0.15, -0.1) is 11.3 Å². The van der Waals surface area contributed by atoms with E-state index in [4.69, 9.17) is 10.5 Å². The molecule has 0 fully saturated rings. The van der Waals surface area contributed by atoms with Gasteiger partial charge in [0.1, 0.15) is 11.5 Å². The SMILES string of the molecule is COc1cc(N)ccc1NC(=O)CS(=O)c1cccs1. The van der Waals surface area contributed by atoms with Gasteiger partial charge in [0.15, 0.2) is 0 Å². The topological polar surface area (TPSA) is 81.4 Å². The van der Waals surface area contributed by atoms with Crippen molar-refractivity contribution in [3.8, 4) is 5.75 Å². The molecule has 0 saturated heterocycles. The monoisotopic (exact) mass is 310 g/mol. The summed E-state index contributed by atoms with van der Waals surface area (Å²) < 4.78 is 17.7. The Bertz CT molecular complexity index is 627. The third-order valence-corrected chi connectivity index (χ3v) is 5.10. The number of methoxy groups -OCH3 is 1. The van der Waals surface area contributed by atoms with Gasteiger partial charge in [-0.2, -0.15) is 0 Å². The molecule has 7 heteroatoms. The summed E-state index contributed by atoms with van der Waals surface area (Å²) >= 11 is 1.37. The quantitative estimate of drug-likeness (QED) is 0.829. The Morgan fingerprint density at radius 1 is 1.45 bits per heavy atom. The number of thiophene rings is 1. The lowest BCUT2D eigenvalue weighted by atomic mass is 10.2. The first-order chi connectivity index (χ1) is 9.60. The van der Waals surface area contributed by atoms with Crippen LogP contribution >= 0.6 is 11.3 Å². The number of carbonyl (C=O) groups excluding carboxylic acids is 1. The zero-order chi connectivity index (χ0) is 14.5. The van der Waals surface area contributed by atoms with Crippen LogP contribution in [0.15, 0.2) is 39.9 Å². The maximum Gasteiger partial charge on any atom is 0.237 e. The number of nitrogens with two attached hydrogens (primary N) is 1. The zero-order valence-corrected chi connectivity index (χ0v) is 12.4. The highest BCUT2D eigenvalue weighted by molar-refractivity contribution is 7.88. The highest BCUT2D eigenvalue weighted by atomic mass is 32.2. The summed E-state index contributed by atoms with van der Waals surface area (Å²) in [5.41, 5.74) is 6.69. The van der Waals surface area contributed by atoms with Gasteiger partial charge < -0.3 is 15.8 Å². The van der Waals surface area contributed by atoms with E-state index in [1.54, 1.807) is 30.3 Å². The number of nitrogen functional groups attached to an aromatic ring is 1. The van der Waals surface area contributed by atoms with Gasteiger partial charge >= 0.3 is 0 Å². The van der Waals surface area contributed by atoms with Crippen molar-refractivity contribution in [2.75, 3.05) is 23.9 Å². The molecule has 0 spiro atoms. The van der Waals surface area contributed by atoms with Crippen molar-refractivity contribution < 1.29 is 13.7 Å². The summed E-state index contributed by atoms with van der Waals surface area (Å²) in [6.07, 6.45) is 0. The average molecular weight is 310 g/mol. The third kappa shape index (κ3) is 3.58. The first-order valence-corrected chi connectivity index (χ1v) is 7.95. The highest BCUT2D eigenvalue weighted by Crippen LogP contribution is 2.26. The maximum absolute atomic E-state index is 11.9. The Morgan fingerprint density at radius 3 is 2.90 bits per heavy atom. The molecule has 20 heavy (non-hydrogen) atoms. The van der Waals surface area contributed by atoms with Crippen LogP contribution in [0, 0.1) is 0 Å². The molecule has 1 heterocycles. The van der Waals surface area contributed by atoms with Crippen LogP contribution in [0.5, 0.6) is 5.75 Å². The molecule has 0 aliphatic heterocycles. The van der Waals surface area contributed by atoms with Crippen LogP contribution in [-0.2, 0) is 15.6 Å². The maximum atomic E-state index is 11.9. The Morgan fingerprint density at radius 2 is 2.25 bits per heavy atom. The Balaban J connectivity index is 2.03. The molecule has 1 aromatic carbocycles. The van der Waals surface area contributed by atoms with Crippen molar-refractivity contribution in [1.29, 1.82) is 0 Å². The molecule has 0 aliphatic carbocycles. The number of nitrogens with one attached hydrogen (secondary N) is 1. The number of ether oxygens (including phenoxy) is 1. The summed E-state index contributed by atoms with van der Waals surface area (Å²) in [4.78, 5) is 11.9. The van der Waals surface area contributed by atoms with Gasteiger partial charge in [0.25, 0.3) is 0 Å². The number of hydrogen-bond donors (Lipinski definition) is 2. The van der Waals surface area contributed by atoms with Crippen molar-refractivity contribution in [2.45, 2.75) is 4.21 Å². The minimum absolute atomic E-state index is 0.0892. The van der Waals surface area contributed by atoms with Gasteiger partial charge in [0.05, 0.1) is 27.8 Å². The second kappa shape index (κ2) is 6.53. The minimum Gasteiger partial charge on any atom is -0.494 e. The summed E-state index contributed by atoms with van der Waals surface area (Å²) in [5, 5.41) is 4.50. The fourth-order valence-electron chi connectivity index (χ4n) is 1.58. The molecule has 5 nitrogen and oxygen atoms in total. The van der Waals surface area contributed by atoms with Crippen molar-refractivity contribution in [3.63, 3.8) is 0 Å². The van der Waals surface area contributed by atoms with Gasteiger partial charge in [-0.1, -0.05) is 6.07 Å². The van der Waals surface area contributed by atoms with Gasteiger partial charge in [0, 0.05) is 11.8 Å². The van der Waals surface area contributed by atoms with Gasteiger partial charge in [-0.05, 0) is 23.6 Å². The van der Waals surface area contributed by atoms with Crippen molar-refractivity contribution in [3.05, 3.63) is 35.7 Å². The molecule has 106 valence electrons. The van der Waals surface area contributed by atoms with Crippen LogP contribution in [0.4, 0.5) is 11.4 Å². The molecular formula is C13H14N2O3S2. The van der Waals surface area contributed by atoms with Crippen LogP contribution in [-0.4, -0.2) is 23.0 Å². The molecule has 1 atom stereocenters. The molecule has 1 unspecified atom stereocenters. The number of benzene rings is 1. The summed E-state index contributed by atoms with van der Waals surface area (Å²) in [7, 11) is 0.166. The van der Waals surface area contributed by atoms with E-state index in [1.165, 1.54) is 18.4 Å². The second-order valence-electron chi connectivity index (χ2n) is 3.93. The molecule has 0 bridgehead atoms. The molecular weight excluding hydrogens is 296 g/mol. The minimum atomic E-state index is -1.33. The number of carbonyl (C=O) groups is 1. The van der Waals surface area contributed by atoms with Crippen molar-refractivity contribution >= 4 is 39.4 Å². The fourth-order valence-corrected chi connectivity index (χ4v) is 3.48. The van der Waals surface area contributed by atoms with E-state index in [-0.39, 0.29) is 11.7 Å². The number of hydrogen-bond acceptors (Lipinski definition) is 5. The van der Waals surface area contributed by atoms with Crippen molar-refractivity contribution in [1.82, 2.24) is 0 Å². The lowest BCUT2D eigenvalue weighted by molar-refractivity contribution is -0.113. The lowest BCUT2D eigenvalue weighted by Gasteiger charge is -2.10. The molecule has 0 radical (unpaired) electrons. The predicted molar refractivity (Wildman–Crippen MR) is 81.6 cm³/mol. The zero-order valence-electron chi connectivity index (χ0n) is 10.8. The van der Waals surface area contributed by atoms with Crippen molar-refractivity contribution in [2.24, 2.45) is 0 Å². The number of anilines is 2. The number of rotatable bonds is 5. The van der Waals surface area contributed by atoms with E-state index in [9.17, 15) is 9.00 Å². The Hall–Kier alpha value is -1.86. The first-order valence-electron chi connectivity index (χ1n) is 5.75. The molecule has 3 N–H and O–H groups in total. The average Bonchev–Trinajstić information content (AvgIpc) is 2.94.